The molecule has 0 saturated carbocycles. The third-order valence-electron chi connectivity index (χ3n) is 4.91. The van der Waals surface area contributed by atoms with Crippen LogP contribution in [0.3, 0.4) is 0 Å². The SMILES string of the molecule is Cn1cncc1CN1CCCC(c2cncc(Oc3ccccc3F)n2)C1. The number of piperidine rings is 1. The van der Waals surface area contributed by atoms with Crippen LogP contribution in [0.1, 0.15) is 30.1 Å². The molecule has 0 radical (unpaired) electrons. The zero-order valence-corrected chi connectivity index (χ0v) is 15.3. The van der Waals surface area contributed by atoms with Crippen LogP contribution in [-0.2, 0) is 13.6 Å². The molecule has 4 rings (SSSR count). The molecule has 3 heterocycles. The molecule has 1 aromatic carbocycles. The van der Waals surface area contributed by atoms with Gasteiger partial charge in [-0.05, 0) is 31.5 Å². The van der Waals surface area contributed by atoms with Gasteiger partial charge in [0, 0.05) is 38.4 Å². The second-order valence-corrected chi connectivity index (χ2v) is 6.88. The lowest BCUT2D eigenvalue weighted by Gasteiger charge is -2.32. The number of aryl methyl sites for hydroxylation is 1. The summed E-state index contributed by atoms with van der Waals surface area (Å²) in [6, 6.07) is 6.31. The van der Waals surface area contributed by atoms with E-state index in [9.17, 15) is 4.39 Å². The van der Waals surface area contributed by atoms with Crippen LogP contribution in [0.5, 0.6) is 11.6 Å². The molecule has 7 heteroatoms. The van der Waals surface area contributed by atoms with Crippen molar-refractivity contribution in [2.45, 2.75) is 25.3 Å². The quantitative estimate of drug-likeness (QED) is 0.691. The van der Waals surface area contributed by atoms with Crippen molar-refractivity contribution in [1.82, 2.24) is 24.4 Å². The Kier molecular flexibility index (Phi) is 5.11. The first-order chi connectivity index (χ1) is 13.2. The maximum atomic E-state index is 13.8. The van der Waals surface area contributed by atoms with E-state index in [1.807, 2.05) is 24.1 Å². The van der Waals surface area contributed by atoms with Crippen molar-refractivity contribution >= 4 is 0 Å². The molecule has 1 aliphatic heterocycles. The van der Waals surface area contributed by atoms with E-state index in [0.717, 1.165) is 38.2 Å². The van der Waals surface area contributed by atoms with Crippen LogP contribution in [0.25, 0.3) is 0 Å². The number of nitrogens with zero attached hydrogens (tertiary/aromatic N) is 5. The van der Waals surface area contributed by atoms with E-state index in [1.165, 1.54) is 18.0 Å². The highest BCUT2D eigenvalue weighted by Gasteiger charge is 2.24. The van der Waals surface area contributed by atoms with Crippen LogP contribution >= 0.6 is 0 Å². The maximum absolute atomic E-state index is 13.8. The van der Waals surface area contributed by atoms with Crippen molar-refractivity contribution in [3.05, 3.63) is 66.4 Å². The zero-order valence-electron chi connectivity index (χ0n) is 15.3. The smallest absolute Gasteiger partial charge is 0.238 e. The molecule has 0 aliphatic carbocycles. The van der Waals surface area contributed by atoms with Crippen LogP contribution in [0.2, 0.25) is 0 Å². The number of likely N-dealkylation sites (tertiary alicyclic amines) is 1. The third kappa shape index (κ3) is 4.14. The fourth-order valence-electron chi connectivity index (χ4n) is 3.46. The molecule has 1 fully saturated rings. The van der Waals surface area contributed by atoms with Gasteiger partial charge in [-0.1, -0.05) is 12.1 Å². The molecule has 27 heavy (non-hydrogen) atoms. The van der Waals surface area contributed by atoms with E-state index in [1.54, 1.807) is 24.4 Å². The third-order valence-corrected chi connectivity index (χ3v) is 4.91. The Labute approximate surface area is 157 Å². The number of imidazole rings is 1. The first-order valence-corrected chi connectivity index (χ1v) is 9.11. The van der Waals surface area contributed by atoms with E-state index < -0.39 is 5.82 Å². The van der Waals surface area contributed by atoms with Gasteiger partial charge in [0.25, 0.3) is 0 Å². The summed E-state index contributed by atoms with van der Waals surface area (Å²) in [5.41, 5.74) is 2.08. The molecule has 3 aromatic rings. The minimum atomic E-state index is -0.412. The molecule has 1 atom stereocenters. The molecular formula is C20H22FN5O. The van der Waals surface area contributed by atoms with Crippen LogP contribution in [0.4, 0.5) is 4.39 Å². The molecule has 2 aromatic heterocycles. The van der Waals surface area contributed by atoms with Gasteiger partial charge < -0.3 is 9.30 Å². The van der Waals surface area contributed by atoms with Gasteiger partial charge in [0.15, 0.2) is 11.6 Å². The monoisotopic (exact) mass is 367 g/mol. The Morgan fingerprint density at radius 1 is 1.19 bits per heavy atom. The largest absolute Gasteiger partial charge is 0.434 e. The summed E-state index contributed by atoms with van der Waals surface area (Å²) >= 11 is 0. The summed E-state index contributed by atoms with van der Waals surface area (Å²) in [7, 11) is 2.01. The number of para-hydroxylation sites is 1. The van der Waals surface area contributed by atoms with Crippen LogP contribution in [0.15, 0.2) is 49.2 Å². The first-order valence-electron chi connectivity index (χ1n) is 9.11. The highest BCUT2D eigenvalue weighted by molar-refractivity contribution is 5.28. The molecule has 6 nitrogen and oxygen atoms in total. The summed E-state index contributed by atoms with van der Waals surface area (Å²) in [5.74, 6) is 0.347. The van der Waals surface area contributed by atoms with Gasteiger partial charge in [0.1, 0.15) is 0 Å². The molecule has 1 saturated heterocycles. The predicted octanol–water partition coefficient (Wildman–Crippen LogP) is 3.52. The number of hydrogen-bond donors (Lipinski definition) is 0. The lowest BCUT2D eigenvalue weighted by molar-refractivity contribution is 0.194. The highest BCUT2D eigenvalue weighted by atomic mass is 19.1. The van der Waals surface area contributed by atoms with Crippen LogP contribution in [-0.4, -0.2) is 37.5 Å². The van der Waals surface area contributed by atoms with Crippen molar-refractivity contribution in [3.8, 4) is 11.6 Å². The molecular weight excluding hydrogens is 345 g/mol. The van der Waals surface area contributed by atoms with Crippen molar-refractivity contribution in [3.63, 3.8) is 0 Å². The molecule has 140 valence electrons. The van der Waals surface area contributed by atoms with Crippen LogP contribution < -0.4 is 4.74 Å². The Balaban J connectivity index is 1.46. The fourth-order valence-corrected chi connectivity index (χ4v) is 3.46. The van der Waals surface area contributed by atoms with Gasteiger partial charge in [0.05, 0.1) is 23.9 Å². The van der Waals surface area contributed by atoms with E-state index in [4.69, 9.17) is 4.74 Å². The number of benzene rings is 1. The number of ether oxygens (including phenoxy) is 1. The minimum Gasteiger partial charge on any atom is -0.434 e. The number of rotatable bonds is 5. The molecule has 0 bridgehead atoms. The summed E-state index contributed by atoms with van der Waals surface area (Å²) in [5, 5.41) is 0. The van der Waals surface area contributed by atoms with Gasteiger partial charge >= 0.3 is 0 Å². The second kappa shape index (κ2) is 7.84. The summed E-state index contributed by atoms with van der Waals surface area (Å²) in [6.07, 6.45) is 9.19. The first kappa shape index (κ1) is 17.6. The summed E-state index contributed by atoms with van der Waals surface area (Å²) < 4.78 is 21.5. The van der Waals surface area contributed by atoms with Gasteiger partial charge in [0.2, 0.25) is 5.88 Å². The Hall–Kier alpha value is -2.80. The van der Waals surface area contributed by atoms with E-state index in [-0.39, 0.29) is 11.7 Å². The highest BCUT2D eigenvalue weighted by Crippen LogP contribution is 2.28. The van der Waals surface area contributed by atoms with Crippen molar-refractivity contribution in [1.29, 1.82) is 0 Å². The normalized spacial score (nSPS) is 17.8. The zero-order chi connectivity index (χ0) is 18.6. The molecule has 0 amide bonds. The maximum Gasteiger partial charge on any atom is 0.238 e. The average Bonchev–Trinajstić information content (AvgIpc) is 3.09. The topological polar surface area (TPSA) is 56.1 Å². The fraction of sp³-hybridized carbons (Fsp3) is 0.350. The van der Waals surface area contributed by atoms with Crippen molar-refractivity contribution < 1.29 is 9.13 Å². The van der Waals surface area contributed by atoms with Crippen molar-refractivity contribution in [2.75, 3.05) is 13.1 Å². The number of aromatic nitrogens is 4. The lowest BCUT2D eigenvalue weighted by atomic mass is 9.95. The second-order valence-electron chi connectivity index (χ2n) is 6.88. The minimum absolute atomic E-state index is 0.158. The van der Waals surface area contributed by atoms with Crippen LogP contribution in [0, 0.1) is 5.82 Å². The van der Waals surface area contributed by atoms with E-state index >= 15 is 0 Å². The number of halogens is 1. The number of hydrogen-bond acceptors (Lipinski definition) is 5. The Morgan fingerprint density at radius 2 is 2.07 bits per heavy atom. The lowest BCUT2D eigenvalue weighted by Crippen LogP contribution is -2.34. The van der Waals surface area contributed by atoms with Gasteiger partial charge in [-0.2, -0.15) is 0 Å². The van der Waals surface area contributed by atoms with E-state index in [2.05, 4.69) is 19.9 Å². The van der Waals surface area contributed by atoms with Gasteiger partial charge in [-0.15, -0.1) is 0 Å². The molecule has 0 N–H and O–H groups in total. The average molecular weight is 367 g/mol. The Bertz CT molecular complexity index is 913. The van der Waals surface area contributed by atoms with Crippen molar-refractivity contribution in [2.24, 2.45) is 7.05 Å². The molecule has 1 aliphatic rings. The molecule has 0 spiro atoms. The van der Waals surface area contributed by atoms with Gasteiger partial charge in [-0.3, -0.25) is 9.88 Å². The predicted molar refractivity (Wildman–Crippen MR) is 99.0 cm³/mol. The standard InChI is InChI=1S/C20H22FN5O/c1-25-14-23-9-16(25)13-26-8-4-5-15(12-26)18-10-22-11-20(24-18)27-19-7-3-2-6-17(19)21/h2-3,6-7,9-11,14-15H,4-5,8,12-13H2,1H3. The summed E-state index contributed by atoms with van der Waals surface area (Å²) in [6.45, 7) is 2.83. The molecule has 1 unspecified atom stereocenters. The Morgan fingerprint density at radius 3 is 2.89 bits per heavy atom. The van der Waals surface area contributed by atoms with E-state index in [0.29, 0.717) is 5.88 Å². The summed E-state index contributed by atoms with van der Waals surface area (Å²) in [4.78, 5) is 15.4. The van der Waals surface area contributed by atoms with Gasteiger partial charge in [-0.25, -0.2) is 14.4 Å².